The molecule has 5 nitrogen and oxygen atoms in total. The van der Waals surface area contributed by atoms with Crippen LogP contribution in [0.5, 0.6) is 0 Å². The molecule has 0 heterocycles. The van der Waals surface area contributed by atoms with Crippen LogP contribution in [-0.2, 0) is 23.1 Å². The highest BCUT2D eigenvalue weighted by atomic mass is 28.3. The lowest BCUT2D eigenvalue weighted by Gasteiger charge is -2.10. The first kappa shape index (κ1) is 14.3. The van der Waals surface area contributed by atoms with E-state index in [4.69, 9.17) is 13.6 Å². The summed E-state index contributed by atoms with van der Waals surface area (Å²) in [5.74, 6) is -0.476. The zero-order chi connectivity index (χ0) is 11.5. The Kier molecular flexibility index (Phi) is 9.39. The second-order valence-corrected chi connectivity index (χ2v) is 5.12. The Morgan fingerprint density at radius 2 is 2.07 bits per heavy atom. The van der Waals surface area contributed by atoms with Gasteiger partial charge in [-0.3, -0.25) is 0 Å². The van der Waals surface area contributed by atoms with Crippen LogP contribution < -0.4 is 0 Å². The number of hydrogen-bond donors (Lipinski definition) is 0. The number of rotatable bonds is 9. The minimum Gasteiger partial charge on any atom is -0.435 e. The van der Waals surface area contributed by atoms with E-state index in [2.05, 4.69) is 11.3 Å². The Morgan fingerprint density at radius 3 is 2.60 bits per heavy atom. The summed E-state index contributed by atoms with van der Waals surface area (Å²) >= 11 is 0. The standard InChI is InChI=1S/C9H18O5Si/c1-4-9(10)14-8-13-6-5-7-15(11-2)12-3/h4,15H,1,5-8H2,2-3H3. The SMILES string of the molecule is C=CC(=O)OCOCCC[SiH](OC)OC. The lowest BCUT2D eigenvalue weighted by molar-refractivity contribution is -0.150. The molecule has 0 unspecified atom stereocenters. The summed E-state index contributed by atoms with van der Waals surface area (Å²) in [5, 5.41) is 0. The highest BCUT2D eigenvalue weighted by Gasteiger charge is 2.08. The van der Waals surface area contributed by atoms with E-state index in [9.17, 15) is 4.79 Å². The average molecular weight is 234 g/mol. The van der Waals surface area contributed by atoms with E-state index in [0.717, 1.165) is 18.5 Å². The summed E-state index contributed by atoms with van der Waals surface area (Å²) in [4.78, 5) is 10.6. The molecular formula is C9H18O5Si. The Morgan fingerprint density at radius 1 is 1.40 bits per heavy atom. The Labute approximate surface area is 91.8 Å². The van der Waals surface area contributed by atoms with Gasteiger partial charge in [0.1, 0.15) is 0 Å². The van der Waals surface area contributed by atoms with Crippen LogP contribution in [0, 0.1) is 0 Å². The van der Waals surface area contributed by atoms with Crippen LogP contribution in [0.4, 0.5) is 0 Å². The van der Waals surface area contributed by atoms with Gasteiger partial charge in [-0.1, -0.05) is 6.58 Å². The van der Waals surface area contributed by atoms with Gasteiger partial charge in [-0.05, 0) is 12.5 Å². The summed E-state index contributed by atoms with van der Waals surface area (Å²) in [5.41, 5.74) is 0. The highest BCUT2D eigenvalue weighted by molar-refractivity contribution is 6.44. The monoisotopic (exact) mass is 234 g/mol. The van der Waals surface area contributed by atoms with Crippen LogP contribution in [-0.4, -0.2) is 42.9 Å². The second kappa shape index (κ2) is 9.85. The number of hydrogen-bond acceptors (Lipinski definition) is 5. The largest absolute Gasteiger partial charge is 0.435 e. The number of carbonyl (C=O) groups is 1. The predicted octanol–water partition coefficient (Wildman–Crippen LogP) is 0.593. The molecule has 0 fully saturated rings. The van der Waals surface area contributed by atoms with Gasteiger partial charge in [0.25, 0.3) is 0 Å². The van der Waals surface area contributed by atoms with Gasteiger partial charge in [-0.25, -0.2) is 4.79 Å². The zero-order valence-corrected chi connectivity index (χ0v) is 10.4. The van der Waals surface area contributed by atoms with E-state index in [1.165, 1.54) is 0 Å². The first-order valence-corrected chi connectivity index (χ1v) is 6.43. The molecule has 0 atom stereocenters. The molecule has 0 aliphatic heterocycles. The molecule has 0 aromatic carbocycles. The molecule has 0 aromatic rings. The van der Waals surface area contributed by atoms with Crippen molar-refractivity contribution < 1.29 is 23.1 Å². The first-order valence-electron chi connectivity index (χ1n) is 4.67. The van der Waals surface area contributed by atoms with Gasteiger partial charge in [0, 0.05) is 20.3 Å². The molecule has 0 aliphatic rings. The molecule has 0 rings (SSSR count). The first-order chi connectivity index (χ1) is 7.24. The van der Waals surface area contributed by atoms with Crippen LogP contribution in [0.15, 0.2) is 12.7 Å². The molecule has 0 saturated carbocycles. The van der Waals surface area contributed by atoms with Crippen LogP contribution >= 0.6 is 0 Å². The van der Waals surface area contributed by atoms with Crippen LogP contribution in [0.3, 0.4) is 0 Å². The molecule has 6 heteroatoms. The minimum absolute atomic E-state index is 0.0307. The van der Waals surface area contributed by atoms with E-state index in [1.54, 1.807) is 14.2 Å². The van der Waals surface area contributed by atoms with Crippen molar-refractivity contribution in [2.75, 3.05) is 27.6 Å². The van der Waals surface area contributed by atoms with Gasteiger partial charge in [0.05, 0.1) is 6.61 Å². The minimum atomic E-state index is -1.47. The quantitative estimate of drug-likeness (QED) is 0.192. The third kappa shape index (κ3) is 8.31. The van der Waals surface area contributed by atoms with Crippen LogP contribution in [0.25, 0.3) is 0 Å². The maximum atomic E-state index is 10.6. The lowest BCUT2D eigenvalue weighted by Crippen LogP contribution is -2.19. The van der Waals surface area contributed by atoms with Gasteiger partial charge in [-0.15, -0.1) is 0 Å². The third-order valence-corrected chi connectivity index (χ3v) is 3.64. The summed E-state index contributed by atoms with van der Waals surface area (Å²) in [7, 11) is 1.82. The maximum Gasteiger partial charge on any atom is 0.332 e. The topological polar surface area (TPSA) is 54.0 Å². The van der Waals surface area contributed by atoms with Gasteiger partial charge in [0.2, 0.25) is 0 Å². The van der Waals surface area contributed by atoms with Crippen molar-refractivity contribution in [1.29, 1.82) is 0 Å². The number of esters is 1. The fraction of sp³-hybridized carbons (Fsp3) is 0.667. The molecule has 88 valence electrons. The van der Waals surface area contributed by atoms with Crippen molar-refractivity contribution in [2.24, 2.45) is 0 Å². The van der Waals surface area contributed by atoms with Gasteiger partial charge >= 0.3 is 15.3 Å². The molecule has 0 spiro atoms. The Bertz CT molecular complexity index is 181. The smallest absolute Gasteiger partial charge is 0.332 e. The Balaban J connectivity index is 3.24. The van der Waals surface area contributed by atoms with Crippen LogP contribution in [0.2, 0.25) is 6.04 Å². The fourth-order valence-corrected chi connectivity index (χ4v) is 2.07. The third-order valence-electron chi connectivity index (χ3n) is 1.71. The van der Waals surface area contributed by atoms with Crippen molar-refractivity contribution in [1.82, 2.24) is 0 Å². The predicted molar refractivity (Wildman–Crippen MR) is 57.7 cm³/mol. The maximum absolute atomic E-state index is 10.6. The molecule has 0 aliphatic carbocycles. The molecule has 15 heavy (non-hydrogen) atoms. The van der Waals surface area contributed by atoms with E-state index in [0.29, 0.717) is 6.61 Å². The van der Waals surface area contributed by atoms with Gasteiger partial charge in [-0.2, -0.15) is 0 Å². The van der Waals surface area contributed by atoms with Gasteiger partial charge in [0.15, 0.2) is 6.79 Å². The summed E-state index contributed by atoms with van der Waals surface area (Å²) < 4.78 is 19.9. The molecule has 0 saturated heterocycles. The summed E-state index contributed by atoms with van der Waals surface area (Å²) in [6, 6.07) is 0.877. The van der Waals surface area contributed by atoms with E-state index in [1.807, 2.05) is 0 Å². The summed E-state index contributed by atoms with van der Waals surface area (Å²) in [6.45, 7) is 3.76. The van der Waals surface area contributed by atoms with E-state index >= 15 is 0 Å². The fourth-order valence-electron chi connectivity index (χ4n) is 0.902. The van der Waals surface area contributed by atoms with Crippen molar-refractivity contribution in [2.45, 2.75) is 12.5 Å². The van der Waals surface area contributed by atoms with E-state index < -0.39 is 15.3 Å². The molecule has 0 aromatic heterocycles. The Hall–Kier alpha value is -0.693. The van der Waals surface area contributed by atoms with Crippen LogP contribution in [0.1, 0.15) is 6.42 Å². The van der Waals surface area contributed by atoms with Crippen molar-refractivity contribution in [3.63, 3.8) is 0 Å². The summed E-state index contributed by atoms with van der Waals surface area (Å²) in [6.07, 6.45) is 1.94. The average Bonchev–Trinajstić information content (AvgIpc) is 2.28. The number of carbonyl (C=O) groups excluding carboxylic acids is 1. The van der Waals surface area contributed by atoms with E-state index in [-0.39, 0.29) is 6.79 Å². The molecule has 0 radical (unpaired) electrons. The number of ether oxygens (including phenoxy) is 2. The van der Waals surface area contributed by atoms with Gasteiger partial charge < -0.3 is 18.3 Å². The normalized spacial score (nSPS) is 10.3. The molecule has 0 N–H and O–H groups in total. The van der Waals surface area contributed by atoms with Crippen molar-refractivity contribution in [3.05, 3.63) is 12.7 Å². The zero-order valence-electron chi connectivity index (χ0n) is 9.23. The highest BCUT2D eigenvalue weighted by Crippen LogP contribution is 1.99. The van der Waals surface area contributed by atoms with Crippen molar-refractivity contribution in [3.8, 4) is 0 Å². The molecule has 0 bridgehead atoms. The second-order valence-electron chi connectivity index (χ2n) is 2.74. The van der Waals surface area contributed by atoms with Crippen molar-refractivity contribution >= 4 is 15.3 Å². The molecular weight excluding hydrogens is 216 g/mol. The molecule has 0 amide bonds. The lowest BCUT2D eigenvalue weighted by atomic mass is 10.5.